The number of carbonyl (C=O) groups is 1. The predicted octanol–water partition coefficient (Wildman–Crippen LogP) is 3.73. The normalized spacial score (nSPS) is 17.1. The molecule has 4 rings (SSSR count). The van der Waals surface area contributed by atoms with Crippen molar-refractivity contribution in [3.63, 3.8) is 0 Å². The van der Waals surface area contributed by atoms with Gasteiger partial charge >= 0.3 is 0 Å². The van der Waals surface area contributed by atoms with Crippen molar-refractivity contribution in [3.8, 4) is 0 Å². The summed E-state index contributed by atoms with van der Waals surface area (Å²) in [5.74, 6) is 1.56. The molecule has 0 saturated carbocycles. The summed E-state index contributed by atoms with van der Waals surface area (Å²) >= 11 is 5.93. The van der Waals surface area contributed by atoms with Crippen LogP contribution in [-0.2, 0) is 6.42 Å². The minimum atomic E-state index is -0.0479. The van der Waals surface area contributed by atoms with Gasteiger partial charge in [0.15, 0.2) is 5.89 Å². The van der Waals surface area contributed by atoms with Crippen LogP contribution in [0.25, 0.3) is 0 Å². The van der Waals surface area contributed by atoms with Crippen molar-refractivity contribution >= 4 is 17.5 Å². The van der Waals surface area contributed by atoms with Crippen molar-refractivity contribution in [2.75, 3.05) is 13.1 Å². The van der Waals surface area contributed by atoms with Crippen LogP contribution < -0.4 is 0 Å². The minimum Gasteiger partial charge on any atom is -0.445 e. The molecule has 1 atom stereocenters. The van der Waals surface area contributed by atoms with Crippen LogP contribution >= 0.6 is 11.6 Å². The van der Waals surface area contributed by atoms with E-state index in [2.05, 4.69) is 15.0 Å². The number of likely N-dealkylation sites (tertiary alicyclic amines) is 1. The molecule has 1 aliphatic rings. The lowest BCUT2D eigenvalue weighted by Crippen LogP contribution is -2.39. The third-order valence-electron chi connectivity index (χ3n) is 4.73. The van der Waals surface area contributed by atoms with E-state index in [4.69, 9.17) is 16.0 Å². The molecule has 3 heterocycles. The smallest absolute Gasteiger partial charge is 0.257 e. The number of hydrogen-bond acceptors (Lipinski definition) is 5. The lowest BCUT2D eigenvalue weighted by atomic mass is 9.97. The fourth-order valence-electron chi connectivity index (χ4n) is 3.35. The number of carbonyl (C=O) groups excluding carboxylic acids is 1. The van der Waals surface area contributed by atoms with Crippen LogP contribution in [0.5, 0.6) is 0 Å². The van der Waals surface area contributed by atoms with Crippen LogP contribution in [0, 0.1) is 0 Å². The van der Waals surface area contributed by atoms with Gasteiger partial charge in [0.1, 0.15) is 12.1 Å². The molecule has 1 unspecified atom stereocenters. The fraction of sp³-hybridized carbons (Fsp3) is 0.300. The van der Waals surface area contributed by atoms with Gasteiger partial charge in [0.05, 0.1) is 17.7 Å². The van der Waals surface area contributed by atoms with Crippen LogP contribution in [0.4, 0.5) is 0 Å². The van der Waals surface area contributed by atoms with Crippen molar-refractivity contribution in [2.24, 2.45) is 0 Å². The largest absolute Gasteiger partial charge is 0.445 e. The lowest BCUT2D eigenvalue weighted by molar-refractivity contribution is 0.0697. The number of benzene rings is 1. The van der Waals surface area contributed by atoms with Crippen LogP contribution in [0.15, 0.2) is 53.6 Å². The standard InChI is InChI=1S/C20H19ClN4O2/c21-17-5-3-14(4-6-17)8-18-11-24-19(27-18)15-2-1-7-25(12-15)20(26)16-9-22-13-23-10-16/h3-6,9-11,13,15H,1-2,7-8,12H2. The van der Waals surface area contributed by atoms with E-state index in [-0.39, 0.29) is 11.8 Å². The molecule has 1 aromatic carbocycles. The highest BCUT2D eigenvalue weighted by Crippen LogP contribution is 2.28. The number of amides is 1. The van der Waals surface area contributed by atoms with Crippen molar-refractivity contribution < 1.29 is 9.21 Å². The molecule has 0 spiro atoms. The van der Waals surface area contributed by atoms with Gasteiger partial charge in [-0.05, 0) is 30.5 Å². The lowest BCUT2D eigenvalue weighted by Gasteiger charge is -2.31. The van der Waals surface area contributed by atoms with Gasteiger partial charge in [-0.15, -0.1) is 0 Å². The number of piperidine rings is 1. The average molecular weight is 383 g/mol. The quantitative estimate of drug-likeness (QED) is 0.687. The van der Waals surface area contributed by atoms with Gasteiger partial charge in [-0.2, -0.15) is 0 Å². The van der Waals surface area contributed by atoms with E-state index >= 15 is 0 Å². The molecule has 0 radical (unpaired) electrons. The highest BCUT2D eigenvalue weighted by atomic mass is 35.5. The Morgan fingerprint density at radius 1 is 1.19 bits per heavy atom. The predicted molar refractivity (Wildman–Crippen MR) is 101 cm³/mol. The first kappa shape index (κ1) is 17.7. The summed E-state index contributed by atoms with van der Waals surface area (Å²) in [5.41, 5.74) is 1.63. The number of aromatic nitrogens is 3. The molecule has 0 aliphatic carbocycles. The number of halogens is 1. The van der Waals surface area contributed by atoms with Crippen LogP contribution in [0.3, 0.4) is 0 Å². The van der Waals surface area contributed by atoms with E-state index < -0.39 is 0 Å². The maximum Gasteiger partial charge on any atom is 0.257 e. The van der Waals surface area contributed by atoms with Crippen molar-refractivity contribution in [1.82, 2.24) is 19.9 Å². The average Bonchev–Trinajstić information content (AvgIpc) is 3.18. The highest BCUT2D eigenvalue weighted by molar-refractivity contribution is 6.30. The van der Waals surface area contributed by atoms with E-state index in [1.54, 1.807) is 18.6 Å². The molecule has 138 valence electrons. The SMILES string of the molecule is O=C(c1cncnc1)N1CCCC(c2ncc(Cc3ccc(Cl)cc3)o2)C1. The summed E-state index contributed by atoms with van der Waals surface area (Å²) in [6.45, 7) is 1.32. The van der Waals surface area contributed by atoms with Gasteiger partial charge < -0.3 is 9.32 Å². The first-order chi connectivity index (χ1) is 13.2. The Morgan fingerprint density at radius 3 is 2.74 bits per heavy atom. The Bertz CT molecular complexity index is 911. The molecular weight excluding hydrogens is 364 g/mol. The zero-order valence-electron chi connectivity index (χ0n) is 14.7. The van der Waals surface area contributed by atoms with Crippen molar-refractivity contribution in [2.45, 2.75) is 25.2 Å². The maximum atomic E-state index is 12.6. The Kier molecular flexibility index (Phi) is 5.16. The van der Waals surface area contributed by atoms with Crippen molar-refractivity contribution in [1.29, 1.82) is 0 Å². The van der Waals surface area contributed by atoms with Crippen LogP contribution in [0.2, 0.25) is 5.02 Å². The minimum absolute atomic E-state index is 0.0479. The maximum absolute atomic E-state index is 12.6. The second-order valence-electron chi connectivity index (χ2n) is 6.69. The fourth-order valence-corrected chi connectivity index (χ4v) is 3.48. The molecule has 7 heteroatoms. The summed E-state index contributed by atoms with van der Waals surface area (Å²) < 4.78 is 5.98. The van der Waals surface area contributed by atoms with Gasteiger partial charge in [-0.25, -0.2) is 15.0 Å². The molecule has 1 aliphatic heterocycles. The van der Waals surface area contributed by atoms with Gasteiger partial charge in [0, 0.05) is 36.9 Å². The molecule has 3 aromatic rings. The number of oxazole rings is 1. The third kappa shape index (κ3) is 4.17. The van der Waals surface area contributed by atoms with E-state index in [1.807, 2.05) is 29.2 Å². The van der Waals surface area contributed by atoms with Crippen LogP contribution in [-0.4, -0.2) is 38.8 Å². The summed E-state index contributed by atoms with van der Waals surface area (Å²) in [5, 5.41) is 0.716. The Morgan fingerprint density at radius 2 is 1.96 bits per heavy atom. The number of rotatable bonds is 4. The Balaban J connectivity index is 1.43. The second-order valence-corrected chi connectivity index (χ2v) is 7.12. The molecular formula is C20H19ClN4O2. The first-order valence-electron chi connectivity index (χ1n) is 8.92. The van der Waals surface area contributed by atoms with E-state index in [0.29, 0.717) is 29.4 Å². The number of nitrogens with zero attached hydrogens (tertiary/aromatic N) is 4. The summed E-state index contributed by atoms with van der Waals surface area (Å²) in [6, 6.07) is 7.69. The molecule has 27 heavy (non-hydrogen) atoms. The first-order valence-corrected chi connectivity index (χ1v) is 9.30. The molecule has 1 amide bonds. The Labute approximate surface area is 162 Å². The summed E-state index contributed by atoms with van der Waals surface area (Å²) in [7, 11) is 0. The molecule has 0 N–H and O–H groups in total. The second kappa shape index (κ2) is 7.88. The van der Waals surface area contributed by atoms with E-state index in [9.17, 15) is 4.79 Å². The monoisotopic (exact) mass is 382 g/mol. The van der Waals surface area contributed by atoms with Gasteiger partial charge in [-0.3, -0.25) is 4.79 Å². The zero-order chi connectivity index (χ0) is 18.6. The molecule has 2 aromatic heterocycles. The zero-order valence-corrected chi connectivity index (χ0v) is 15.5. The number of hydrogen-bond donors (Lipinski definition) is 0. The Hall–Kier alpha value is -2.73. The van der Waals surface area contributed by atoms with Gasteiger partial charge in [0.25, 0.3) is 5.91 Å². The highest BCUT2D eigenvalue weighted by Gasteiger charge is 2.28. The molecule has 6 nitrogen and oxygen atoms in total. The molecule has 1 fully saturated rings. The topological polar surface area (TPSA) is 72.1 Å². The van der Waals surface area contributed by atoms with Crippen molar-refractivity contribution in [3.05, 3.63) is 77.0 Å². The summed E-state index contributed by atoms with van der Waals surface area (Å²) in [6.07, 6.45) is 8.83. The van der Waals surface area contributed by atoms with E-state index in [1.165, 1.54) is 6.33 Å². The van der Waals surface area contributed by atoms with Gasteiger partial charge in [-0.1, -0.05) is 23.7 Å². The van der Waals surface area contributed by atoms with E-state index in [0.717, 1.165) is 30.7 Å². The molecule has 0 bridgehead atoms. The summed E-state index contributed by atoms with van der Waals surface area (Å²) in [4.78, 5) is 26.8. The van der Waals surface area contributed by atoms with Crippen LogP contribution in [0.1, 0.15) is 46.3 Å². The molecule has 1 saturated heterocycles. The third-order valence-corrected chi connectivity index (χ3v) is 4.98. The van der Waals surface area contributed by atoms with Gasteiger partial charge in [0.2, 0.25) is 0 Å².